The molecule has 1 aromatic carbocycles. The van der Waals surface area contributed by atoms with Crippen molar-refractivity contribution in [2.45, 2.75) is 45.7 Å². The van der Waals surface area contributed by atoms with Crippen molar-refractivity contribution in [2.24, 2.45) is 0 Å². The minimum Gasteiger partial charge on any atom is -0.494 e. The summed E-state index contributed by atoms with van der Waals surface area (Å²) in [6, 6.07) is 9.07. The van der Waals surface area contributed by atoms with E-state index in [0.717, 1.165) is 18.9 Å². The summed E-state index contributed by atoms with van der Waals surface area (Å²) in [6.07, 6.45) is 3.80. The second kappa shape index (κ2) is 8.28. The predicted molar refractivity (Wildman–Crippen MR) is 84.2 cm³/mol. The number of nitrogens with zero attached hydrogens (tertiary/aromatic N) is 1. The van der Waals surface area contributed by atoms with Crippen LogP contribution in [0.15, 0.2) is 24.3 Å². The van der Waals surface area contributed by atoms with Gasteiger partial charge in [-0.2, -0.15) is 0 Å². The standard InChI is InChI=1S/C17H28N2O/c1-3-10-19-11-8-16(9-12-19)18-14-15-6-5-7-17(13-15)20-4-2/h5-7,13,16,18H,3-4,8-12,14H2,1-2H3. The first-order valence-electron chi connectivity index (χ1n) is 7.99. The van der Waals surface area contributed by atoms with E-state index in [2.05, 4.69) is 35.3 Å². The van der Waals surface area contributed by atoms with Gasteiger partial charge in [0.15, 0.2) is 0 Å². The zero-order valence-electron chi connectivity index (χ0n) is 12.9. The van der Waals surface area contributed by atoms with E-state index >= 15 is 0 Å². The lowest BCUT2D eigenvalue weighted by atomic mass is 10.0. The first-order chi connectivity index (χ1) is 9.81. The molecule has 0 aromatic heterocycles. The van der Waals surface area contributed by atoms with Gasteiger partial charge < -0.3 is 15.0 Å². The van der Waals surface area contributed by atoms with Gasteiger partial charge in [-0.15, -0.1) is 0 Å². The van der Waals surface area contributed by atoms with Crippen molar-refractivity contribution in [3.05, 3.63) is 29.8 Å². The van der Waals surface area contributed by atoms with Crippen molar-refractivity contribution in [1.82, 2.24) is 10.2 Å². The van der Waals surface area contributed by atoms with Crippen molar-refractivity contribution in [3.8, 4) is 5.75 Å². The number of nitrogens with one attached hydrogen (secondary N) is 1. The highest BCUT2D eigenvalue weighted by Gasteiger charge is 2.17. The van der Waals surface area contributed by atoms with Crippen LogP contribution >= 0.6 is 0 Å². The Labute approximate surface area is 123 Å². The quantitative estimate of drug-likeness (QED) is 0.828. The van der Waals surface area contributed by atoms with Crippen LogP contribution in [0.4, 0.5) is 0 Å². The summed E-state index contributed by atoms with van der Waals surface area (Å²) in [7, 11) is 0. The summed E-state index contributed by atoms with van der Waals surface area (Å²) < 4.78 is 5.54. The average Bonchev–Trinajstić information content (AvgIpc) is 2.48. The van der Waals surface area contributed by atoms with Crippen molar-refractivity contribution in [1.29, 1.82) is 0 Å². The minimum absolute atomic E-state index is 0.666. The van der Waals surface area contributed by atoms with E-state index < -0.39 is 0 Å². The monoisotopic (exact) mass is 276 g/mol. The van der Waals surface area contributed by atoms with Crippen LogP contribution < -0.4 is 10.1 Å². The van der Waals surface area contributed by atoms with Gasteiger partial charge in [0.1, 0.15) is 5.75 Å². The fraction of sp³-hybridized carbons (Fsp3) is 0.647. The summed E-state index contributed by atoms with van der Waals surface area (Å²) in [5, 5.41) is 3.69. The van der Waals surface area contributed by atoms with Crippen molar-refractivity contribution < 1.29 is 4.74 Å². The molecule has 0 saturated carbocycles. The van der Waals surface area contributed by atoms with Gasteiger partial charge in [-0.25, -0.2) is 0 Å². The molecule has 112 valence electrons. The molecule has 1 aromatic rings. The first kappa shape index (κ1) is 15.3. The number of ether oxygens (including phenoxy) is 1. The van der Waals surface area contributed by atoms with Crippen LogP contribution in [0, 0.1) is 0 Å². The van der Waals surface area contributed by atoms with Gasteiger partial charge in [0, 0.05) is 12.6 Å². The van der Waals surface area contributed by atoms with Crippen LogP contribution in [-0.4, -0.2) is 37.2 Å². The van der Waals surface area contributed by atoms with Gasteiger partial charge >= 0.3 is 0 Å². The maximum atomic E-state index is 5.54. The molecule has 0 spiro atoms. The summed E-state index contributed by atoms with van der Waals surface area (Å²) in [5.74, 6) is 0.976. The number of likely N-dealkylation sites (tertiary alicyclic amines) is 1. The van der Waals surface area contributed by atoms with Gasteiger partial charge in [-0.1, -0.05) is 19.1 Å². The zero-order valence-corrected chi connectivity index (χ0v) is 12.9. The van der Waals surface area contributed by atoms with Crippen LogP contribution in [0.5, 0.6) is 5.75 Å². The molecule has 3 nitrogen and oxygen atoms in total. The molecule has 2 rings (SSSR count). The average molecular weight is 276 g/mol. The molecular formula is C17H28N2O. The van der Waals surface area contributed by atoms with Crippen LogP contribution in [0.3, 0.4) is 0 Å². The van der Waals surface area contributed by atoms with E-state index in [1.54, 1.807) is 0 Å². The molecule has 1 fully saturated rings. The molecule has 0 bridgehead atoms. The molecule has 0 radical (unpaired) electrons. The van der Waals surface area contributed by atoms with E-state index in [4.69, 9.17) is 4.74 Å². The second-order valence-corrected chi connectivity index (χ2v) is 5.58. The molecule has 1 N–H and O–H groups in total. The summed E-state index contributed by atoms with van der Waals surface area (Å²) in [4.78, 5) is 2.58. The van der Waals surface area contributed by atoms with Gasteiger partial charge in [-0.05, 0) is 63.5 Å². The number of piperidine rings is 1. The third-order valence-electron chi connectivity index (χ3n) is 3.93. The third-order valence-corrected chi connectivity index (χ3v) is 3.93. The molecule has 0 unspecified atom stereocenters. The van der Waals surface area contributed by atoms with E-state index in [1.165, 1.54) is 44.5 Å². The Morgan fingerprint density at radius 1 is 1.25 bits per heavy atom. The van der Waals surface area contributed by atoms with Crippen LogP contribution in [0.2, 0.25) is 0 Å². The normalized spacial score (nSPS) is 17.3. The maximum Gasteiger partial charge on any atom is 0.119 e. The molecule has 1 aliphatic heterocycles. The molecule has 0 aliphatic carbocycles. The minimum atomic E-state index is 0.666. The summed E-state index contributed by atoms with van der Waals surface area (Å²) >= 11 is 0. The van der Waals surface area contributed by atoms with E-state index in [0.29, 0.717) is 6.04 Å². The third kappa shape index (κ3) is 4.80. The van der Waals surface area contributed by atoms with Gasteiger partial charge in [0.2, 0.25) is 0 Å². The van der Waals surface area contributed by atoms with Crippen LogP contribution in [-0.2, 0) is 6.54 Å². The van der Waals surface area contributed by atoms with Crippen molar-refractivity contribution in [2.75, 3.05) is 26.2 Å². The first-order valence-corrected chi connectivity index (χ1v) is 7.99. The Kier molecular flexibility index (Phi) is 6.34. The Balaban J connectivity index is 1.74. The molecule has 20 heavy (non-hydrogen) atoms. The van der Waals surface area contributed by atoms with Crippen LogP contribution in [0.25, 0.3) is 0 Å². The Bertz CT molecular complexity index is 386. The predicted octanol–water partition coefficient (Wildman–Crippen LogP) is 3.05. The highest BCUT2D eigenvalue weighted by molar-refractivity contribution is 5.28. The molecule has 3 heteroatoms. The zero-order chi connectivity index (χ0) is 14.2. The summed E-state index contributed by atoms with van der Waals surface area (Å²) in [6.45, 7) is 9.69. The summed E-state index contributed by atoms with van der Waals surface area (Å²) in [5.41, 5.74) is 1.31. The Morgan fingerprint density at radius 2 is 2.05 bits per heavy atom. The molecule has 1 aliphatic rings. The van der Waals surface area contributed by atoms with Crippen molar-refractivity contribution >= 4 is 0 Å². The highest BCUT2D eigenvalue weighted by Crippen LogP contribution is 2.15. The van der Waals surface area contributed by atoms with Gasteiger partial charge in [-0.3, -0.25) is 0 Å². The smallest absolute Gasteiger partial charge is 0.119 e. The van der Waals surface area contributed by atoms with Crippen LogP contribution in [0.1, 0.15) is 38.7 Å². The SMILES string of the molecule is CCCN1CCC(NCc2cccc(OCC)c2)CC1. The maximum absolute atomic E-state index is 5.54. The number of benzene rings is 1. The molecule has 0 amide bonds. The van der Waals surface area contributed by atoms with Crippen molar-refractivity contribution in [3.63, 3.8) is 0 Å². The van der Waals surface area contributed by atoms with Gasteiger partial charge in [0.05, 0.1) is 6.61 Å². The molecule has 1 heterocycles. The number of hydrogen-bond acceptors (Lipinski definition) is 3. The molecular weight excluding hydrogens is 248 g/mol. The fourth-order valence-corrected chi connectivity index (χ4v) is 2.85. The molecule has 1 saturated heterocycles. The Morgan fingerprint density at radius 3 is 2.75 bits per heavy atom. The fourth-order valence-electron chi connectivity index (χ4n) is 2.85. The van der Waals surface area contributed by atoms with E-state index in [1.807, 2.05) is 13.0 Å². The second-order valence-electron chi connectivity index (χ2n) is 5.58. The lowest BCUT2D eigenvalue weighted by Crippen LogP contribution is -2.42. The van der Waals surface area contributed by atoms with E-state index in [9.17, 15) is 0 Å². The van der Waals surface area contributed by atoms with E-state index in [-0.39, 0.29) is 0 Å². The highest BCUT2D eigenvalue weighted by atomic mass is 16.5. The number of hydrogen-bond donors (Lipinski definition) is 1. The lowest BCUT2D eigenvalue weighted by Gasteiger charge is -2.32. The topological polar surface area (TPSA) is 24.5 Å². The number of rotatable bonds is 7. The van der Waals surface area contributed by atoms with Gasteiger partial charge in [0.25, 0.3) is 0 Å². The largest absolute Gasteiger partial charge is 0.494 e. The lowest BCUT2D eigenvalue weighted by molar-refractivity contribution is 0.197. The Hall–Kier alpha value is -1.06. The molecule has 0 atom stereocenters.